The molecule has 0 amide bonds. The molecule has 1 unspecified atom stereocenters. The van der Waals surface area contributed by atoms with Crippen LogP contribution in [0.4, 0.5) is 0 Å². The van der Waals surface area contributed by atoms with Crippen molar-refractivity contribution in [3.8, 4) is 0 Å². The maximum absolute atomic E-state index is 3.60. The number of hydrogen-bond acceptors (Lipinski definition) is 2. The van der Waals surface area contributed by atoms with Crippen LogP contribution in [0.2, 0.25) is 0 Å². The average molecular weight is 182 g/mol. The van der Waals surface area contributed by atoms with Crippen molar-refractivity contribution in [1.29, 1.82) is 0 Å². The molecule has 2 aliphatic rings. The van der Waals surface area contributed by atoms with E-state index in [-0.39, 0.29) is 0 Å². The first-order valence-corrected chi connectivity index (χ1v) is 5.76. The number of likely N-dealkylation sites (tertiary alicyclic amines) is 1. The van der Waals surface area contributed by atoms with Gasteiger partial charge in [-0.15, -0.1) is 0 Å². The monoisotopic (exact) mass is 182 g/mol. The fourth-order valence-electron chi connectivity index (χ4n) is 2.66. The molecule has 0 spiro atoms. The molecule has 2 fully saturated rings. The third-order valence-corrected chi connectivity index (χ3v) is 3.62. The number of hydrogen-bond donors (Lipinski definition) is 1. The molecule has 0 aliphatic carbocycles. The van der Waals surface area contributed by atoms with Gasteiger partial charge >= 0.3 is 0 Å². The highest BCUT2D eigenvalue weighted by Gasteiger charge is 2.22. The highest BCUT2D eigenvalue weighted by atomic mass is 15.1. The first-order chi connectivity index (χ1) is 6.34. The summed E-state index contributed by atoms with van der Waals surface area (Å²) in [5, 5.41) is 3.60. The van der Waals surface area contributed by atoms with Crippen LogP contribution in [-0.2, 0) is 0 Å². The average Bonchev–Trinajstić information content (AvgIpc) is 2.62. The third-order valence-electron chi connectivity index (χ3n) is 3.62. The molecule has 2 heterocycles. The Morgan fingerprint density at radius 1 is 1.23 bits per heavy atom. The minimum atomic E-state index is 0.855. The molecule has 0 aromatic heterocycles. The van der Waals surface area contributed by atoms with Gasteiger partial charge in [0.05, 0.1) is 0 Å². The Bertz CT molecular complexity index is 144. The van der Waals surface area contributed by atoms with Gasteiger partial charge in [0.2, 0.25) is 0 Å². The highest BCUT2D eigenvalue weighted by molar-refractivity contribution is 4.80. The summed E-state index contributed by atoms with van der Waals surface area (Å²) in [5.74, 6) is 1.01. The second-order valence-electron chi connectivity index (χ2n) is 4.78. The smallest absolute Gasteiger partial charge is 0.00701 e. The Morgan fingerprint density at radius 2 is 2.00 bits per heavy atom. The van der Waals surface area contributed by atoms with E-state index in [4.69, 9.17) is 0 Å². The van der Waals surface area contributed by atoms with Crippen LogP contribution in [-0.4, -0.2) is 37.6 Å². The van der Waals surface area contributed by atoms with E-state index < -0.39 is 0 Å². The van der Waals surface area contributed by atoms with Gasteiger partial charge in [0.1, 0.15) is 0 Å². The first-order valence-electron chi connectivity index (χ1n) is 5.76. The molecule has 0 saturated carbocycles. The SMILES string of the molecule is CN1CCC(CC2CCCN2)CC1. The topological polar surface area (TPSA) is 15.3 Å². The van der Waals surface area contributed by atoms with Crippen LogP contribution in [0.25, 0.3) is 0 Å². The van der Waals surface area contributed by atoms with Crippen LogP contribution in [0.15, 0.2) is 0 Å². The van der Waals surface area contributed by atoms with Crippen molar-refractivity contribution >= 4 is 0 Å². The van der Waals surface area contributed by atoms with Gasteiger partial charge in [0.15, 0.2) is 0 Å². The van der Waals surface area contributed by atoms with E-state index in [0.717, 1.165) is 12.0 Å². The quantitative estimate of drug-likeness (QED) is 0.695. The normalized spacial score (nSPS) is 32.5. The summed E-state index contributed by atoms with van der Waals surface area (Å²) in [4.78, 5) is 2.46. The van der Waals surface area contributed by atoms with E-state index in [1.807, 2.05) is 0 Å². The van der Waals surface area contributed by atoms with E-state index in [0.29, 0.717) is 0 Å². The van der Waals surface area contributed by atoms with Gasteiger partial charge in [-0.3, -0.25) is 0 Å². The van der Waals surface area contributed by atoms with E-state index >= 15 is 0 Å². The lowest BCUT2D eigenvalue weighted by Gasteiger charge is -2.30. The van der Waals surface area contributed by atoms with E-state index in [1.165, 1.54) is 51.7 Å². The lowest BCUT2D eigenvalue weighted by molar-refractivity contribution is 0.203. The molecule has 76 valence electrons. The van der Waals surface area contributed by atoms with Gasteiger partial charge in [-0.2, -0.15) is 0 Å². The fourth-order valence-corrected chi connectivity index (χ4v) is 2.66. The maximum Gasteiger partial charge on any atom is 0.00701 e. The van der Waals surface area contributed by atoms with Crippen molar-refractivity contribution in [2.75, 3.05) is 26.7 Å². The van der Waals surface area contributed by atoms with Crippen LogP contribution >= 0.6 is 0 Å². The van der Waals surface area contributed by atoms with E-state index in [9.17, 15) is 0 Å². The van der Waals surface area contributed by atoms with Gasteiger partial charge in [-0.25, -0.2) is 0 Å². The summed E-state index contributed by atoms with van der Waals surface area (Å²) in [6.07, 6.45) is 7.11. The van der Waals surface area contributed by atoms with Gasteiger partial charge in [0.25, 0.3) is 0 Å². The summed E-state index contributed by atoms with van der Waals surface area (Å²) < 4.78 is 0. The number of piperidine rings is 1. The van der Waals surface area contributed by atoms with Crippen LogP contribution in [0, 0.1) is 5.92 Å². The van der Waals surface area contributed by atoms with Crippen LogP contribution in [0.5, 0.6) is 0 Å². The first kappa shape index (κ1) is 9.47. The van der Waals surface area contributed by atoms with Crippen LogP contribution in [0.1, 0.15) is 32.1 Å². The van der Waals surface area contributed by atoms with Gasteiger partial charge in [-0.05, 0) is 64.7 Å². The molecule has 0 aromatic carbocycles. The Labute approximate surface area is 81.7 Å². The molecule has 2 aliphatic heterocycles. The summed E-state index contributed by atoms with van der Waals surface area (Å²) in [5.41, 5.74) is 0. The lowest BCUT2D eigenvalue weighted by Crippen LogP contribution is -2.33. The Morgan fingerprint density at radius 3 is 2.62 bits per heavy atom. The standard InChI is InChI=1S/C11H22N2/c1-13-7-4-10(5-8-13)9-11-3-2-6-12-11/h10-12H,2-9H2,1H3. The Hall–Kier alpha value is -0.0800. The van der Waals surface area contributed by atoms with Crippen molar-refractivity contribution in [1.82, 2.24) is 10.2 Å². The summed E-state index contributed by atoms with van der Waals surface area (Å²) in [6.45, 7) is 3.89. The predicted octanol–water partition coefficient (Wildman–Crippen LogP) is 1.47. The van der Waals surface area contributed by atoms with Gasteiger partial charge < -0.3 is 10.2 Å². The second kappa shape index (κ2) is 4.43. The second-order valence-corrected chi connectivity index (χ2v) is 4.78. The molecule has 1 N–H and O–H groups in total. The number of nitrogens with zero attached hydrogens (tertiary/aromatic N) is 1. The number of rotatable bonds is 2. The van der Waals surface area contributed by atoms with E-state index in [1.54, 1.807) is 0 Å². The van der Waals surface area contributed by atoms with Crippen molar-refractivity contribution in [2.45, 2.75) is 38.1 Å². The van der Waals surface area contributed by atoms with Crippen molar-refractivity contribution in [3.63, 3.8) is 0 Å². The van der Waals surface area contributed by atoms with Crippen LogP contribution < -0.4 is 5.32 Å². The van der Waals surface area contributed by atoms with Crippen molar-refractivity contribution in [2.24, 2.45) is 5.92 Å². The molecule has 2 nitrogen and oxygen atoms in total. The lowest BCUT2D eigenvalue weighted by atomic mass is 9.90. The summed E-state index contributed by atoms with van der Waals surface area (Å²) >= 11 is 0. The minimum Gasteiger partial charge on any atom is -0.314 e. The molecule has 0 aromatic rings. The fraction of sp³-hybridized carbons (Fsp3) is 1.00. The molecule has 13 heavy (non-hydrogen) atoms. The highest BCUT2D eigenvalue weighted by Crippen LogP contribution is 2.23. The molecule has 1 atom stereocenters. The summed E-state index contributed by atoms with van der Waals surface area (Å²) in [6, 6.07) is 0.855. The molecule has 2 rings (SSSR count). The molecule has 2 heteroatoms. The maximum atomic E-state index is 3.60. The van der Waals surface area contributed by atoms with Crippen molar-refractivity contribution in [3.05, 3.63) is 0 Å². The molecule has 0 bridgehead atoms. The van der Waals surface area contributed by atoms with Gasteiger partial charge in [-0.1, -0.05) is 0 Å². The Kier molecular flexibility index (Phi) is 3.23. The third kappa shape index (κ3) is 2.68. The zero-order chi connectivity index (χ0) is 9.10. The number of nitrogens with one attached hydrogen (secondary N) is 1. The zero-order valence-corrected chi connectivity index (χ0v) is 8.76. The van der Waals surface area contributed by atoms with Gasteiger partial charge in [0, 0.05) is 6.04 Å². The molecular formula is C11H22N2. The Balaban J connectivity index is 1.69. The zero-order valence-electron chi connectivity index (χ0n) is 8.76. The van der Waals surface area contributed by atoms with Crippen LogP contribution in [0.3, 0.4) is 0 Å². The summed E-state index contributed by atoms with van der Waals surface area (Å²) in [7, 11) is 2.24. The molecule has 2 saturated heterocycles. The van der Waals surface area contributed by atoms with E-state index in [2.05, 4.69) is 17.3 Å². The van der Waals surface area contributed by atoms with Crippen molar-refractivity contribution < 1.29 is 0 Å². The molecular weight excluding hydrogens is 160 g/mol. The molecule has 0 radical (unpaired) electrons. The minimum absolute atomic E-state index is 0.855. The largest absolute Gasteiger partial charge is 0.314 e. The predicted molar refractivity (Wildman–Crippen MR) is 55.9 cm³/mol.